The Labute approximate surface area is 162 Å². The number of methoxy groups -OCH3 is 2. The Balaban J connectivity index is 1.31. The lowest BCUT2D eigenvalue weighted by Gasteiger charge is -2.37. The Kier molecular flexibility index (Phi) is 3.76. The maximum atomic E-state index is 12.9. The number of hydrogen-bond donors (Lipinski definition) is 1. The summed E-state index contributed by atoms with van der Waals surface area (Å²) < 4.78 is 10.4. The molecule has 6 atom stereocenters. The number of likely N-dealkylation sites (tertiary alicyclic amines) is 1. The van der Waals surface area contributed by atoms with Gasteiger partial charge in [-0.3, -0.25) is 19.3 Å². The minimum absolute atomic E-state index is 0.159. The van der Waals surface area contributed by atoms with Crippen molar-refractivity contribution in [2.45, 2.75) is 6.42 Å². The molecule has 0 spiro atoms. The lowest BCUT2D eigenvalue weighted by atomic mass is 9.63. The van der Waals surface area contributed by atoms with Crippen molar-refractivity contribution in [2.75, 3.05) is 26.1 Å². The van der Waals surface area contributed by atoms with Gasteiger partial charge in [-0.25, -0.2) is 0 Å². The van der Waals surface area contributed by atoms with Crippen molar-refractivity contribution in [3.8, 4) is 11.5 Å². The second-order valence-corrected chi connectivity index (χ2v) is 8.03. The summed E-state index contributed by atoms with van der Waals surface area (Å²) >= 11 is 0. The topological polar surface area (TPSA) is 84.9 Å². The predicted molar refractivity (Wildman–Crippen MR) is 99.6 cm³/mol. The number of carbonyl (C=O) groups is 3. The number of amides is 3. The number of nitrogens with zero attached hydrogens (tertiary/aromatic N) is 1. The number of ether oxygens (including phenoxy) is 2. The Bertz CT molecular complexity index is 874. The molecule has 4 aliphatic carbocycles. The maximum absolute atomic E-state index is 12.9. The molecule has 1 aromatic carbocycles. The van der Waals surface area contributed by atoms with E-state index in [-0.39, 0.29) is 42.0 Å². The average molecular weight is 382 g/mol. The van der Waals surface area contributed by atoms with Crippen LogP contribution in [0.2, 0.25) is 0 Å². The second kappa shape index (κ2) is 6.09. The first-order chi connectivity index (χ1) is 13.5. The standard InChI is InChI=1S/C21H22N2O5/c1-27-10-3-6-15(16(7-10)28-2)22-17(24)9-23-20(25)18-11-4-5-12(14-8-13(11)14)19(18)21(23)26/h3-7,11-14,18-19H,8-9H2,1-2H3,(H,22,24)/t11-,12+,13-,14-,18+,19+/m1/s1. The molecule has 1 aliphatic heterocycles. The molecule has 6 rings (SSSR count). The zero-order chi connectivity index (χ0) is 19.6. The van der Waals surface area contributed by atoms with E-state index in [1.165, 1.54) is 7.11 Å². The quantitative estimate of drug-likeness (QED) is 0.619. The van der Waals surface area contributed by atoms with E-state index in [0.29, 0.717) is 29.0 Å². The second-order valence-electron chi connectivity index (χ2n) is 8.03. The van der Waals surface area contributed by atoms with Gasteiger partial charge in [0.1, 0.15) is 18.0 Å². The number of imide groups is 1. The molecule has 2 bridgehead atoms. The zero-order valence-corrected chi connectivity index (χ0v) is 15.8. The van der Waals surface area contributed by atoms with E-state index >= 15 is 0 Å². The number of anilines is 1. The molecular weight excluding hydrogens is 360 g/mol. The lowest BCUT2D eigenvalue weighted by molar-refractivity contribution is -0.142. The van der Waals surface area contributed by atoms with Crippen LogP contribution in [0.15, 0.2) is 30.4 Å². The van der Waals surface area contributed by atoms with E-state index in [1.807, 2.05) is 0 Å². The normalized spacial score (nSPS) is 34.1. The highest BCUT2D eigenvalue weighted by Crippen LogP contribution is 2.65. The van der Waals surface area contributed by atoms with E-state index in [9.17, 15) is 14.4 Å². The van der Waals surface area contributed by atoms with Gasteiger partial charge in [0.25, 0.3) is 0 Å². The number of carbonyl (C=O) groups excluding carboxylic acids is 3. The van der Waals surface area contributed by atoms with Gasteiger partial charge in [-0.1, -0.05) is 12.2 Å². The van der Waals surface area contributed by atoms with Crippen molar-refractivity contribution in [3.05, 3.63) is 30.4 Å². The van der Waals surface area contributed by atoms with E-state index in [4.69, 9.17) is 9.47 Å². The molecule has 1 N–H and O–H groups in total. The van der Waals surface area contributed by atoms with Crippen LogP contribution in [0.4, 0.5) is 5.69 Å². The molecule has 1 saturated heterocycles. The summed E-state index contributed by atoms with van der Waals surface area (Å²) in [6, 6.07) is 5.03. The minimum atomic E-state index is -0.422. The van der Waals surface area contributed by atoms with Crippen molar-refractivity contribution >= 4 is 23.4 Å². The third kappa shape index (κ3) is 2.38. The van der Waals surface area contributed by atoms with E-state index in [1.54, 1.807) is 25.3 Å². The largest absolute Gasteiger partial charge is 0.497 e. The van der Waals surface area contributed by atoms with Crippen LogP contribution in [-0.2, 0) is 14.4 Å². The highest BCUT2D eigenvalue weighted by molar-refractivity contribution is 6.09. The summed E-state index contributed by atoms with van der Waals surface area (Å²) in [6.07, 6.45) is 5.36. The van der Waals surface area contributed by atoms with Gasteiger partial charge in [0, 0.05) is 6.07 Å². The molecule has 7 heteroatoms. The molecule has 1 aromatic rings. The van der Waals surface area contributed by atoms with E-state index < -0.39 is 5.91 Å². The number of hydrogen-bond acceptors (Lipinski definition) is 5. The first kappa shape index (κ1) is 17.3. The lowest BCUT2D eigenvalue weighted by Crippen LogP contribution is -2.40. The smallest absolute Gasteiger partial charge is 0.244 e. The van der Waals surface area contributed by atoms with E-state index in [2.05, 4.69) is 17.5 Å². The first-order valence-corrected chi connectivity index (χ1v) is 9.59. The molecule has 5 aliphatic rings. The van der Waals surface area contributed by atoms with Crippen molar-refractivity contribution < 1.29 is 23.9 Å². The molecule has 3 amide bonds. The summed E-state index contributed by atoms with van der Waals surface area (Å²) in [4.78, 5) is 39.6. The van der Waals surface area contributed by atoms with Gasteiger partial charge in [-0.2, -0.15) is 0 Å². The minimum Gasteiger partial charge on any atom is -0.497 e. The van der Waals surface area contributed by atoms with Gasteiger partial charge in [0.2, 0.25) is 17.7 Å². The summed E-state index contributed by atoms with van der Waals surface area (Å²) in [5.41, 5.74) is 0.466. The van der Waals surface area contributed by atoms with Crippen LogP contribution in [-0.4, -0.2) is 43.4 Å². The van der Waals surface area contributed by atoms with E-state index in [0.717, 1.165) is 11.3 Å². The molecule has 0 aromatic heterocycles. The van der Waals surface area contributed by atoms with Gasteiger partial charge in [-0.15, -0.1) is 0 Å². The van der Waals surface area contributed by atoms with Crippen molar-refractivity contribution in [1.82, 2.24) is 4.90 Å². The van der Waals surface area contributed by atoms with Crippen molar-refractivity contribution in [3.63, 3.8) is 0 Å². The maximum Gasteiger partial charge on any atom is 0.244 e. The first-order valence-electron chi connectivity index (χ1n) is 9.59. The average Bonchev–Trinajstić information content (AvgIpc) is 3.49. The molecular formula is C21H22N2O5. The number of allylic oxidation sites excluding steroid dienone is 2. The SMILES string of the molecule is COc1ccc(NC(=O)CN2C(=O)[C@H]3[C@@H]4C=C[C@@H]([C@H]5C[C@H]45)[C@@H]3C2=O)c(OC)c1. The Hall–Kier alpha value is -2.83. The van der Waals surface area contributed by atoms with Crippen LogP contribution in [0.25, 0.3) is 0 Å². The Morgan fingerprint density at radius 1 is 1.07 bits per heavy atom. The number of rotatable bonds is 5. The van der Waals surface area contributed by atoms with Crippen LogP contribution >= 0.6 is 0 Å². The van der Waals surface area contributed by atoms with Gasteiger partial charge < -0.3 is 14.8 Å². The zero-order valence-electron chi connectivity index (χ0n) is 15.8. The van der Waals surface area contributed by atoms with Crippen LogP contribution in [0.5, 0.6) is 11.5 Å². The van der Waals surface area contributed by atoms with Crippen LogP contribution in [0.1, 0.15) is 6.42 Å². The predicted octanol–water partition coefficient (Wildman–Crippen LogP) is 1.70. The van der Waals surface area contributed by atoms with Crippen molar-refractivity contribution in [1.29, 1.82) is 0 Å². The summed E-state index contributed by atoms with van der Waals surface area (Å²) in [5.74, 6) is 1.08. The molecule has 146 valence electrons. The molecule has 1 heterocycles. The van der Waals surface area contributed by atoms with Gasteiger partial charge in [-0.05, 0) is 42.2 Å². The number of benzene rings is 1. The van der Waals surface area contributed by atoms with Crippen LogP contribution < -0.4 is 14.8 Å². The van der Waals surface area contributed by atoms with Gasteiger partial charge in [0.05, 0.1) is 31.7 Å². The fourth-order valence-corrected chi connectivity index (χ4v) is 5.41. The summed E-state index contributed by atoms with van der Waals surface area (Å²) in [5, 5.41) is 2.74. The Morgan fingerprint density at radius 3 is 2.29 bits per heavy atom. The third-order valence-corrected chi connectivity index (χ3v) is 6.74. The monoisotopic (exact) mass is 382 g/mol. The van der Waals surface area contributed by atoms with Crippen LogP contribution in [0, 0.1) is 35.5 Å². The molecule has 0 radical (unpaired) electrons. The Morgan fingerprint density at radius 2 is 1.71 bits per heavy atom. The fraction of sp³-hybridized carbons (Fsp3) is 0.476. The highest BCUT2D eigenvalue weighted by atomic mass is 16.5. The third-order valence-electron chi connectivity index (χ3n) is 6.74. The highest BCUT2D eigenvalue weighted by Gasteiger charge is 2.67. The van der Waals surface area contributed by atoms with Crippen molar-refractivity contribution in [2.24, 2.45) is 35.5 Å². The summed E-state index contributed by atoms with van der Waals surface area (Å²) in [6.45, 7) is -0.269. The van der Waals surface area contributed by atoms with Gasteiger partial charge >= 0.3 is 0 Å². The van der Waals surface area contributed by atoms with Gasteiger partial charge in [0.15, 0.2) is 0 Å². The molecule has 0 unspecified atom stereocenters. The molecule has 28 heavy (non-hydrogen) atoms. The number of nitrogens with one attached hydrogen (secondary N) is 1. The molecule has 7 nitrogen and oxygen atoms in total. The van der Waals surface area contributed by atoms with Crippen LogP contribution in [0.3, 0.4) is 0 Å². The molecule has 3 fully saturated rings. The fourth-order valence-electron chi connectivity index (χ4n) is 5.41. The molecule has 2 saturated carbocycles. The summed E-state index contributed by atoms with van der Waals surface area (Å²) in [7, 11) is 3.04.